The van der Waals surface area contributed by atoms with Crippen molar-refractivity contribution >= 4 is 41.0 Å². The summed E-state index contributed by atoms with van der Waals surface area (Å²) in [4.78, 5) is 14.4. The highest BCUT2D eigenvalue weighted by atomic mass is 35.5. The van der Waals surface area contributed by atoms with E-state index in [-0.39, 0.29) is 11.5 Å². The van der Waals surface area contributed by atoms with Crippen LogP contribution in [0.25, 0.3) is 23.5 Å². The summed E-state index contributed by atoms with van der Waals surface area (Å²) in [7, 11) is 0. The third kappa shape index (κ3) is 3.66. The highest BCUT2D eigenvalue weighted by molar-refractivity contribution is 6.42. The van der Waals surface area contributed by atoms with Crippen molar-refractivity contribution in [2.75, 3.05) is 0 Å². The summed E-state index contributed by atoms with van der Waals surface area (Å²) < 4.78 is 0.605. The van der Waals surface area contributed by atoms with Gasteiger partial charge in [0.05, 0.1) is 20.5 Å². The number of hydrogen-bond acceptors (Lipinski definition) is 4. The standard InChI is InChI=1S/C18H11Cl2N3O3/c19-16-6-2-3-12(17(16)20)7-8-14-9-10-21-18(22(14)24)13-4-1-5-15(11-13)23(25)26/h1-11H/b8-7+. The zero-order valence-electron chi connectivity index (χ0n) is 13.2. The molecule has 0 saturated heterocycles. The van der Waals surface area contributed by atoms with E-state index in [0.717, 1.165) is 0 Å². The number of nitro benzene ring substituents is 1. The van der Waals surface area contributed by atoms with Gasteiger partial charge in [-0.2, -0.15) is 0 Å². The van der Waals surface area contributed by atoms with Gasteiger partial charge in [-0.15, -0.1) is 0 Å². The van der Waals surface area contributed by atoms with Crippen molar-refractivity contribution in [1.29, 1.82) is 0 Å². The fraction of sp³-hybridized carbons (Fsp3) is 0. The third-order valence-corrected chi connectivity index (χ3v) is 4.43. The first-order chi connectivity index (χ1) is 12.5. The molecule has 0 bridgehead atoms. The fourth-order valence-corrected chi connectivity index (χ4v) is 2.70. The molecule has 0 unspecified atom stereocenters. The SMILES string of the molecule is O=[N+]([O-])c1cccc(-c2nccc(/C=C/c3cccc(Cl)c3Cl)[n+]2[O-])c1. The Kier molecular flexibility index (Phi) is 5.16. The lowest BCUT2D eigenvalue weighted by Gasteiger charge is -2.09. The van der Waals surface area contributed by atoms with Crippen LogP contribution in [-0.4, -0.2) is 9.91 Å². The number of non-ortho nitro benzene ring substituents is 1. The molecule has 0 saturated carbocycles. The summed E-state index contributed by atoms with van der Waals surface area (Å²) in [5.74, 6) is 0.0630. The number of halogens is 2. The first-order valence-corrected chi connectivity index (χ1v) is 8.18. The minimum atomic E-state index is -0.524. The van der Waals surface area contributed by atoms with E-state index in [9.17, 15) is 15.3 Å². The van der Waals surface area contributed by atoms with E-state index < -0.39 is 4.92 Å². The molecule has 130 valence electrons. The molecule has 0 atom stereocenters. The molecule has 6 nitrogen and oxygen atoms in total. The van der Waals surface area contributed by atoms with Gasteiger partial charge in [0.1, 0.15) is 11.9 Å². The lowest BCUT2D eigenvalue weighted by atomic mass is 10.1. The van der Waals surface area contributed by atoms with E-state index in [4.69, 9.17) is 23.2 Å². The summed E-state index contributed by atoms with van der Waals surface area (Å²) in [5, 5.41) is 24.3. The molecule has 1 aromatic heterocycles. The zero-order valence-corrected chi connectivity index (χ0v) is 14.7. The van der Waals surface area contributed by atoms with Crippen molar-refractivity contribution in [2.45, 2.75) is 0 Å². The molecule has 0 radical (unpaired) electrons. The second-order valence-corrected chi connectivity index (χ2v) is 6.06. The van der Waals surface area contributed by atoms with Crippen LogP contribution in [0.3, 0.4) is 0 Å². The highest BCUT2D eigenvalue weighted by Gasteiger charge is 2.16. The third-order valence-electron chi connectivity index (χ3n) is 3.60. The fourth-order valence-electron chi connectivity index (χ4n) is 2.32. The van der Waals surface area contributed by atoms with Crippen LogP contribution in [0, 0.1) is 15.3 Å². The summed E-state index contributed by atoms with van der Waals surface area (Å²) in [5.41, 5.74) is 1.20. The van der Waals surface area contributed by atoms with Crippen LogP contribution >= 0.6 is 23.2 Å². The van der Waals surface area contributed by atoms with Gasteiger partial charge in [0.25, 0.3) is 5.69 Å². The average molecular weight is 388 g/mol. The molecule has 0 N–H and O–H groups in total. The molecule has 2 aromatic carbocycles. The Bertz CT molecular complexity index is 1020. The molecule has 0 fully saturated rings. The van der Waals surface area contributed by atoms with Gasteiger partial charge in [-0.05, 0) is 34.8 Å². The van der Waals surface area contributed by atoms with Crippen molar-refractivity contribution < 1.29 is 9.65 Å². The molecule has 1 heterocycles. The van der Waals surface area contributed by atoms with Crippen molar-refractivity contribution in [1.82, 2.24) is 4.98 Å². The molecule has 3 aromatic rings. The maximum atomic E-state index is 12.6. The first-order valence-electron chi connectivity index (χ1n) is 7.43. The Morgan fingerprint density at radius 3 is 2.62 bits per heavy atom. The maximum Gasteiger partial charge on any atom is 0.333 e. The van der Waals surface area contributed by atoms with Gasteiger partial charge in [0.2, 0.25) is 0 Å². The van der Waals surface area contributed by atoms with Crippen LogP contribution in [-0.2, 0) is 0 Å². The second kappa shape index (κ2) is 7.51. The summed E-state index contributed by atoms with van der Waals surface area (Å²) in [6.07, 6.45) is 4.70. The Balaban J connectivity index is 2.00. The van der Waals surface area contributed by atoms with Crippen molar-refractivity contribution in [3.8, 4) is 11.4 Å². The van der Waals surface area contributed by atoms with Crippen molar-refractivity contribution in [2.24, 2.45) is 0 Å². The van der Waals surface area contributed by atoms with Crippen LogP contribution in [0.1, 0.15) is 11.3 Å². The monoisotopic (exact) mass is 387 g/mol. The molecule has 3 rings (SSSR count). The first kappa shape index (κ1) is 17.8. The van der Waals surface area contributed by atoms with Crippen LogP contribution < -0.4 is 4.73 Å². The summed E-state index contributed by atoms with van der Waals surface area (Å²) in [6.45, 7) is 0. The van der Waals surface area contributed by atoms with Gasteiger partial charge in [-0.1, -0.05) is 41.4 Å². The van der Waals surface area contributed by atoms with Crippen molar-refractivity contribution in [3.05, 3.63) is 91.4 Å². The average Bonchev–Trinajstić information content (AvgIpc) is 2.64. The second-order valence-electron chi connectivity index (χ2n) is 5.27. The molecule has 8 heteroatoms. The Labute approximate surface area is 158 Å². The highest BCUT2D eigenvalue weighted by Crippen LogP contribution is 2.27. The van der Waals surface area contributed by atoms with Crippen LogP contribution in [0.15, 0.2) is 54.7 Å². The Hall–Kier alpha value is -2.96. The topological polar surface area (TPSA) is 83.0 Å². The largest absolute Gasteiger partial charge is 0.710 e. The lowest BCUT2D eigenvalue weighted by Crippen LogP contribution is -2.33. The smallest absolute Gasteiger partial charge is 0.333 e. The van der Waals surface area contributed by atoms with Gasteiger partial charge in [0, 0.05) is 18.2 Å². The van der Waals surface area contributed by atoms with Crippen molar-refractivity contribution in [3.63, 3.8) is 0 Å². The Morgan fingerprint density at radius 2 is 1.85 bits per heavy atom. The van der Waals surface area contributed by atoms with Gasteiger partial charge in [-0.3, -0.25) is 10.1 Å². The quantitative estimate of drug-likeness (QED) is 0.279. The zero-order chi connectivity index (χ0) is 18.7. The molecule has 0 spiro atoms. The summed E-state index contributed by atoms with van der Waals surface area (Å²) in [6, 6.07) is 12.5. The van der Waals surface area contributed by atoms with E-state index >= 15 is 0 Å². The minimum absolute atomic E-state index is 0.0630. The predicted octanol–water partition coefficient (Wildman–Crippen LogP) is 4.77. The Morgan fingerprint density at radius 1 is 1.08 bits per heavy atom. The van der Waals surface area contributed by atoms with E-state index in [1.165, 1.54) is 30.5 Å². The van der Waals surface area contributed by atoms with Crippen LogP contribution in [0.5, 0.6) is 0 Å². The van der Waals surface area contributed by atoms with Crippen LogP contribution in [0.4, 0.5) is 5.69 Å². The molecular weight excluding hydrogens is 377 g/mol. The van der Waals surface area contributed by atoms with Crippen LogP contribution in [0.2, 0.25) is 10.0 Å². The van der Waals surface area contributed by atoms with E-state index in [0.29, 0.717) is 31.6 Å². The van der Waals surface area contributed by atoms with Gasteiger partial charge in [0.15, 0.2) is 0 Å². The van der Waals surface area contributed by atoms with Gasteiger partial charge >= 0.3 is 5.82 Å². The van der Waals surface area contributed by atoms with Gasteiger partial charge in [-0.25, -0.2) is 4.73 Å². The number of benzene rings is 2. The number of aromatic nitrogens is 2. The molecule has 26 heavy (non-hydrogen) atoms. The number of nitrogens with zero attached hydrogens (tertiary/aromatic N) is 3. The number of rotatable bonds is 4. The van der Waals surface area contributed by atoms with Gasteiger partial charge < -0.3 is 5.21 Å². The molecule has 0 aliphatic heterocycles. The number of hydrogen-bond donors (Lipinski definition) is 0. The lowest BCUT2D eigenvalue weighted by molar-refractivity contribution is -0.598. The molecule has 0 aliphatic rings. The van der Waals surface area contributed by atoms with E-state index in [1.54, 1.807) is 36.4 Å². The maximum absolute atomic E-state index is 12.6. The van der Waals surface area contributed by atoms with E-state index in [1.807, 2.05) is 0 Å². The molecule has 0 aliphatic carbocycles. The summed E-state index contributed by atoms with van der Waals surface area (Å²) >= 11 is 12.1. The normalized spacial score (nSPS) is 11.0. The number of nitro groups is 1. The predicted molar refractivity (Wildman–Crippen MR) is 101 cm³/mol. The molecular formula is C18H11Cl2N3O3. The molecule has 0 amide bonds. The van der Waals surface area contributed by atoms with E-state index in [2.05, 4.69) is 4.98 Å². The minimum Gasteiger partial charge on any atom is -0.710 e.